The van der Waals surface area contributed by atoms with E-state index in [0.717, 1.165) is 32.2 Å². The van der Waals surface area contributed by atoms with Crippen LogP contribution in [0.25, 0.3) is 0 Å². The molecule has 1 aromatic rings. The summed E-state index contributed by atoms with van der Waals surface area (Å²) in [5, 5.41) is 2.97. The highest BCUT2D eigenvalue weighted by Crippen LogP contribution is 2.36. The highest BCUT2D eigenvalue weighted by Gasteiger charge is 2.43. The van der Waals surface area contributed by atoms with Crippen LogP contribution in [0.2, 0.25) is 0 Å². The average Bonchev–Trinajstić information content (AvgIpc) is 3.12. The molecule has 2 aliphatic heterocycles. The maximum absolute atomic E-state index is 12.2. The molecule has 23 heavy (non-hydrogen) atoms. The van der Waals surface area contributed by atoms with Gasteiger partial charge in [-0.25, -0.2) is 0 Å². The van der Waals surface area contributed by atoms with Gasteiger partial charge in [-0.3, -0.25) is 9.59 Å². The minimum atomic E-state index is -0.204. The second-order valence-corrected chi connectivity index (χ2v) is 6.72. The summed E-state index contributed by atoms with van der Waals surface area (Å²) < 4.78 is 8.10. The van der Waals surface area contributed by atoms with Crippen molar-refractivity contribution in [3.63, 3.8) is 0 Å². The van der Waals surface area contributed by atoms with E-state index in [0.29, 0.717) is 18.8 Å². The molecule has 0 aliphatic carbocycles. The molecule has 6 nitrogen and oxygen atoms in total. The van der Waals surface area contributed by atoms with E-state index in [2.05, 4.69) is 5.32 Å². The summed E-state index contributed by atoms with van der Waals surface area (Å²) in [6.07, 6.45) is 5.81. The number of rotatable bonds is 3. The summed E-state index contributed by atoms with van der Waals surface area (Å²) in [5.74, 6) is 0.0436. The Hall–Kier alpha value is -1.82. The molecule has 2 atom stereocenters. The van der Waals surface area contributed by atoms with Gasteiger partial charge >= 0.3 is 0 Å². The van der Waals surface area contributed by atoms with E-state index in [9.17, 15) is 9.59 Å². The van der Waals surface area contributed by atoms with E-state index in [1.807, 2.05) is 24.2 Å². The molecular formula is C17H25N3O3. The molecule has 0 unspecified atom stereocenters. The number of carbonyl (C=O) groups is 2. The molecule has 3 heterocycles. The lowest BCUT2D eigenvalue weighted by Gasteiger charge is -2.38. The Labute approximate surface area is 136 Å². The van der Waals surface area contributed by atoms with Crippen LogP contribution in [0.1, 0.15) is 43.1 Å². The molecule has 0 saturated carbocycles. The van der Waals surface area contributed by atoms with Crippen molar-refractivity contribution in [1.82, 2.24) is 14.8 Å². The largest absolute Gasteiger partial charge is 0.368 e. The topological polar surface area (TPSA) is 63.6 Å². The van der Waals surface area contributed by atoms with Crippen LogP contribution in [0.15, 0.2) is 18.3 Å². The SMILES string of the molecule is CC(=O)N1CC[C@@]2(CCC[C@@H](CNC(=O)c3cccn3C)O2)C1. The zero-order valence-corrected chi connectivity index (χ0v) is 13.9. The molecule has 126 valence electrons. The van der Waals surface area contributed by atoms with Crippen molar-refractivity contribution in [2.24, 2.45) is 7.05 Å². The van der Waals surface area contributed by atoms with Crippen LogP contribution in [0.4, 0.5) is 0 Å². The summed E-state index contributed by atoms with van der Waals surface area (Å²) >= 11 is 0. The molecule has 0 aromatic carbocycles. The van der Waals surface area contributed by atoms with Gasteiger partial charge in [0.15, 0.2) is 0 Å². The number of hydrogen-bond donors (Lipinski definition) is 1. The third-order valence-corrected chi connectivity index (χ3v) is 5.00. The monoisotopic (exact) mass is 319 g/mol. The molecular weight excluding hydrogens is 294 g/mol. The van der Waals surface area contributed by atoms with Gasteiger partial charge in [0.1, 0.15) is 5.69 Å². The number of hydrogen-bond acceptors (Lipinski definition) is 3. The number of carbonyl (C=O) groups excluding carboxylic acids is 2. The lowest BCUT2D eigenvalue weighted by atomic mass is 9.90. The van der Waals surface area contributed by atoms with E-state index < -0.39 is 0 Å². The first-order valence-electron chi connectivity index (χ1n) is 8.32. The zero-order valence-electron chi connectivity index (χ0n) is 13.9. The summed E-state index contributed by atoms with van der Waals surface area (Å²) in [6.45, 7) is 3.59. The van der Waals surface area contributed by atoms with E-state index in [1.54, 1.807) is 17.6 Å². The minimum absolute atomic E-state index is 0.0277. The third kappa shape index (κ3) is 3.42. The van der Waals surface area contributed by atoms with Gasteiger partial charge in [0.25, 0.3) is 5.91 Å². The van der Waals surface area contributed by atoms with Crippen molar-refractivity contribution in [3.8, 4) is 0 Å². The third-order valence-electron chi connectivity index (χ3n) is 5.00. The maximum atomic E-state index is 12.2. The summed E-state index contributed by atoms with van der Waals surface area (Å²) in [4.78, 5) is 25.6. The van der Waals surface area contributed by atoms with E-state index in [4.69, 9.17) is 4.74 Å². The second kappa shape index (κ2) is 6.35. The van der Waals surface area contributed by atoms with Gasteiger partial charge in [0, 0.05) is 39.8 Å². The van der Waals surface area contributed by atoms with Crippen molar-refractivity contribution >= 4 is 11.8 Å². The van der Waals surface area contributed by atoms with Crippen molar-refractivity contribution in [2.45, 2.75) is 44.3 Å². The number of nitrogens with one attached hydrogen (secondary N) is 1. The molecule has 1 spiro atoms. The molecule has 2 aliphatic rings. The number of aryl methyl sites for hydroxylation is 1. The van der Waals surface area contributed by atoms with Crippen LogP contribution in [-0.2, 0) is 16.6 Å². The van der Waals surface area contributed by atoms with Crippen LogP contribution in [0.3, 0.4) is 0 Å². The molecule has 2 saturated heterocycles. The van der Waals surface area contributed by atoms with Gasteiger partial charge in [-0.05, 0) is 37.8 Å². The van der Waals surface area contributed by atoms with Crippen LogP contribution < -0.4 is 5.32 Å². The summed E-state index contributed by atoms with van der Waals surface area (Å²) in [5.41, 5.74) is 0.448. The van der Waals surface area contributed by atoms with Crippen LogP contribution >= 0.6 is 0 Å². The predicted octanol–water partition coefficient (Wildman–Crippen LogP) is 1.31. The average molecular weight is 319 g/mol. The summed E-state index contributed by atoms with van der Waals surface area (Å²) in [7, 11) is 1.86. The number of likely N-dealkylation sites (tertiary alicyclic amines) is 1. The number of aromatic nitrogens is 1. The molecule has 6 heteroatoms. The van der Waals surface area contributed by atoms with Gasteiger partial charge in [0.2, 0.25) is 5.91 Å². The predicted molar refractivity (Wildman–Crippen MR) is 86.1 cm³/mol. The Bertz CT molecular complexity index is 598. The molecule has 2 amide bonds. The molecule has 0 bridgehead atoms. The smallest absolute Gasteiger partial charge is 0.267 e. The minimum Gasteiger partial charge on any atom is -0.368 e. The molecule has 2 fully saturated rings. The fraction of sp³-hybridized carbons (Fsp3) is 0.647. The molecule has 1 aromatic heterocycles. The molecule has 0 radical (unpaired) electrons. The van der Waals surface area contributed by atoms with E-state index in [-0.39, 0.29) is 23.5 Å². The first-order valence-corrected chi connectivity index (χ1v) is 8.32. The van der Waals surface area contributed by atoms with Crippen molar-refractivity contribution < 1.29 is 14.3 Å². The second-order valence-electron chi connectivity index (χ2n) is 6.72. The van der Waals surface area contributed by atoms with Gasteiger partial charge in [-0.1, -0.05) is 0 Å². The Kier molecular flexibility index (Phi) is 4.43. The van der Waals surface area contributed by atoms with Gasteiger partial charge < -0.3 is 19.5 Å². The highest BCUT2D eigenvalue weighted by atomic mass is 16.5. The normalized spacial score (nSPS) is 27.4. The Morgan fingerprint density at radius 2 is 2.26 bits per heavy atom. The van der Waals surface area contributed by atoms with E-state index in [1.165, 1.54) is 0 Å². The lowest BCUT2D eigenvalue weighted by Crippen LogP contribution is -2.47. The van der Waals surface area contributed by atoms with Crippen LogP contribution in [0.5, 0.6) is 0 Å². The highest BCUT2D eigenvalue weighted by molar-refractivity contribution is 5.92. The van der Waals surface area contributed by atoms with Crippen molar-refractivity contribution in [3.05, 3.63) is 24.0 Å². The lowest BCUT2D eigenvalue weighted by molar-refractivity contribution is -0.135. The van der Waals surface area contributed by atoms with Gasteiger partial charge in [-0.15, -0.1) is 0 Å². The van der Waals surface area contributed by atoms with Crippen LogP contribution in [0, 0.1) is 0 Å². The number of ether oxygens (including phenoxy) is 1. The zero-order chi connectivity index (χ0) is 16.4. The van der Waals surface area contributed by atoms with E-state index >= 15 is 0 Å². The van der Waals surface area contributed by atoms with Gasteiger partial charge in [0.05, 0.1) is 11.7 Å². The fourth-order valence-corrected chi connectivity index (χ4v) is 3.67. The van der Waals surface area contributed by atoms with Crippen molar-refractivity contribution in [2.75, 3.05) is 19.6 Å². The Morgan fingerprint density at radius 3 is 2.91 bits per heavy atom. The maximum Gasteiger partial charge on any atom is 0.267 e. The van der Waals surface area contributed by atoms with Crippen molar-refractivity contribution in [1.29, 1.82) is 0 Å². The fourth-order valence-electron chi connectivity index (χ4n) is 3.67. The number of nitrogens with zero attached hydrogens (tertiary/aromatic N) is 2. The summed E-state index contributed by atoms with van der Waals surface area (Å²) in [6, 6.07) is 3.66. The first kappa shape index (κ1) is 16.1. The number of amides is 2. The Morgan fingerprint density at radius 1 is 1.43 bits per heavy atom. The first-order chi connectivity index (χ1) is 11.0. The quantitative estimate of drug-likeness (QED) is 0.914. The molecule has 1 N–H and O–H groups in total. The molecule has 3 rings (SSSR count). The van der Waals surface area contributed by atoms with Crippen LogP contribution in [-0.4, -0.2) is 52.6 Å². The Balaban J connectivity index is 1.54. The van der Waals surface area contributed by atoms with Gasteiger partial charge in [-0.2, -0.15) is 0 Å². The standard InChI is InChI=1S/C17H25N3O3/c1-13(21)20-10-8-17(12-20)7-3-5-14(23-17)11-18-16(22)15-6-4-9-19(15)2/h4,6,9,14H,3,5,7-8,10-12H2,1-2H3,(H,18,22)/t14-,17-/m0/s1.